The van der Waals surface area contributed by atoms with Crippen LogP contribution in [0.25, 0.3) is 0 Å². The van der Waals surface area contributed by atoms with E-state index < -0.39 is 5.97 Å². The van der Waals surface area contributed by atoms with Gasteiger partial charge < -0.3 is 5.11 Å². The Kier molecular flexibility index (Phi) is 15.8. The predicted molar refractivity (Wildman–Crippen MR) is 95.9 cm³/mol. The molecule has 0 atom stereocenters. The summed E-state index contributed by atoms with van der Waals surface area (Å²) < 4.78 is 0. The zero-order valence-corrected chi connectivity index (χ0v) is 13.8. The number of rotatable bonds is 13. The molecular weight excluding hydrogens is 272 g/mol. The summed E-state index contributed by atoms with van der Waals surface area (Å²) in [7, 11) is 0. The van der Waals surface area contributed by atoms with Gasteiger partial charge in [0.25, 0.3) is 0 Å². The molecule has 0 rings (SSSR count). The minimum atomic E-state index is -0.715. The number of aliphatic carboxylic acids is 1. The van der Waals surface area contributed by atoms with E-state index in [-0.39, 0.29) is 6.42 Å². The van der Waals surface area contributed by atoms with Crippen molar-refractivity contribution in [1.82, 2.24) is 0 Å². The van der Waals surface area contributed by atoms with E-state index in [4.69, 9.17) is 5.11 Å². The van der Waals surface area contributed by atoms with E-state index in [0.29, 0.717) is 0 Å². The topological polar surface area (TPSA) is 37.3 Å². The Morgan fingerprint density at radius 1 is 0.727 bits per heavy atom. The van der Waals surface area contributed by atoms with Crippen molar-refractivity contribution in [2.45, 2.75) is 58.3 Å². The summed E-state index contributed by atoms with van der Waals surface area (Å²) in [4.78, 5) is 10.3. The third-order valence-corrected chi connectivity index (χ3v) is 2.92. The molecule has 0 radical (unpaired) electrons. The number of carbonyl (C=O) groups is 1. The fourth-order valence-electron chi connectivity index (χ4n) is 1.74. The van der Waals surface area contributed by atoms with Crippen molar-refractivity contribution in [3.8, 4) is 0 Å². The van der Waals surface area contributed by atoms with E-state index in [9.17, 15) is 4.79 Å². The molecular formula is C20H30O2. The van der Waals surface area contributed by atoms with Gasteiger partial charge in [0.2, 0.25) is 0 Å². The van der Waals surface area contributed by atoms with Crippen LogP contribution in [0.1, 0.15) is 58.3 Å². The summed E-state index contributed by atoms with van der Waals surface area (Å²) in [6.45, 7) is 2.14. The van der Waals surface area contributed by atoms with Crippen LogP contribution in [0.4, 0.5) is 0 Å². The molecule has 0 amide bonds. The van der Waals surface area contributed by atoms with Crippen LogP contribution in [0.3, 0.4) is 0 Å². The second kappa shape index (κ2) is 17.2. The van der Waals surface area contributed by atoms with Crippen LogP contribution in [0.5, 0.6) is 0 Å². The Bertz CT molecular complexity index is 398. The number of carboxylic acid groups (broad SMARTS) is 1. The maximum atomic E-state index is 10.3. The lowest BCUT2D eigenvalue weighted by Crippen LogP contribution is -1.92. The Balaban J connectivity index is 3.46. The third-order valence-electron chi connectivity index (χ3n) is 2.92. The SMILES string of the molecule is CC/C=C\C/C=C\CC=CC/C=C/C/C=C\CCCC(=O)O. The van der Waals surface area contributed by atoms with Crippen LogP contribution in [0.2, 0.25) is 0 Å². The van der Waals surface area contributed by atoms with Crippen LogP contribution in [0, 0.1) is 0 Å². The van der Waals surface area contributed by atoms with Crippen LogP contribution in [-0.4, -0.2) is 11.1 Å². The molecule has 0 aromatic carbocycles. The van der Waals surface area contributed by atoms with Gasteiger partial charge in [0.15, 0.2) is 0 Å². The van der Waals surface area contributed by atoms with E-state index in [0.717, 1.165) is 44.9 Å². The first-order chi connectivity index (χ1) is 10.8. The highest BCUT2D eigenvalue weighted by atomic mass is 16.4. The molecule has 0 fully saturated rings. The molecule has 0 spiro atoms. The summed E-state index contributed by atoms with van der Waals surface area (Å²) in [6.07, 6.45) is 28.4. The molecule has 0 heterocycles. The fourth-order valence-corrected chi connectivity index (χ4v) is 1.74. The normalized spacial score (nSPS) is 12.8. The van der Waals surface area contributed by atoms with Gasteiger partial charge in [-0.2, -0.15) is 0 Å². The highest BCUT2D eigenvalue weighted by Gasteiger charge is 1.92. The average Bonchev–Trinajstić information content (AvgIpc) is 2.50. The molecule has 0 aromatic rings. The molecule has 22 heavy (non-hydrogen) atoms. The molecule has 0 bridgehead atoms. The number of carboxylic acids is 1. The fraction of sp³-hybridized carbons (Fsp3) is 0.450. The Morgan fingerprint density at radius 3 is 1.55 bits per heavy atom. The summed E-state index contributed by atoms with van der Waals surface area (Å²) in [5, 5.41) is 8.49. The van der Waals surface area contributed by atoms with Crippen molar-refractivity contribution in [3.63, 3.8) is 0 Å². The highest BCUT2D eigenvalue weighted by molar-refractivity contribution is 5.66. The van der Waals surface area contributed by atoms with E-state index >= 15 is 0 Å². The van der Waals surface area contributed by atoms with E-state index in [1.54, 1.807) is 0 Å². The van der Waals surface area contributed by atoms with Gasteiger partial charge >= 0.3 is 5.97 Å². The standard InChI is InChI=1S/C20H30O2/c1-2-3-4-5-6-7-8-9-10-11-12-13-14-15-16-17-18-19-20(21)22/h3-4,6-7,9-10,12-13,15-16H,2,5,8,11,14,17-19H2,1H3,(H,21,22)/b4-3-,7-6-,10-9?,13-12+,16-15-. The van der Waals surface area contributed by atoms with Gasteiger partial charge in [-0.15, -0.1) is 0 Å². The van der Waals surface area contributed by atoms with E-state index in [1.165, 1.54) is 0 Å². The first-order valence-corrected chi connectivity index (χ1v) is 8.24. The van der Waals surface area contributed by atoms with Crippen LogP contribution < -0.4 is 0 Å². The van der Waals surface area contributed by atoms with Crippen molar-refractivity contribution < 1.29 is 9.90 Å². The third kappa shape index (κ3) is 18.2. The molecule has 0 aromatic heterocycles. The number of hydrogen-bond donors (Lipinski definition) is 1. The van der Waals surface area contributed by atoms with Crippen LogP contribution in [-0.2, 0) is 4.79 Å². The van der Waals surface area contributed by atoms with Gasteiger partial charge in [-0.3, -0.25) is 4.79 Å². The molecule has 0 aliphatic heterocycles. The zero-order chi connectivity index (χ0) is 16.3. The zero-order valence-electron chi connectivity index (χ0n) is 13.8. The van der Waals surface area contributed by atoms with E-state index in [1.807, 2.05) is 0 Å². The summed E-state index contributed by atoms with van der Waals surface area (Å²) in [5.41, 5.74) is 0. The van der Waals surface area contributed by atoms with Gasteiger partial charge in [-0.1, -0.05) is 67.7 Å². The molecule has 0 aliphatic carbocycles. The van der Waals surface area contributed by atoms with Crippen molar-refractivity contribution in [3.05, 3.63) is 60.8 Å². The molecule has 0 saturated carbocycles. The second-order valence-electron chi connectivity index (χ2n) is 4.99. The average molecular weight is 302 g/mol. The number of hydrogen-bond acceptors (Lipinski definition) is 1. The van der Waals surface area contributed by atoms with Gasteiger partial charge in [0, 0.05) is 6.42 Å². The molecule has 2 heteroatoms. The first-order valence-electron chi connectivity index (χ1n) is 8.24. The lowest BCUT2D eigenvalue weighted by molar-refractivity contribution is -0.137. The van der Waals surface area contributed by atoms with Crippen LogP contribution in [0.15, 0.2) is 60.8 Å². The quantitative estimate of drug-likeness (QED) is 0.335. The molecule has 2 nitrogen and oxygen atoms in total. The molecule has 0 saturated heterocycles. The summed E-state index contributed by atoms with van der Waals surface area (Å²) in [6, 6.07) is 0. The molecule has 122 valence electrons. The highest BCUT2D eigenvalue weighted by Crippen LogP contribution is 1.99. The molecule has 1 N–H and O–H groups in total. The summed E-state index contributed by atoms with van der Waals surface area (Å²) >= 11 is 0. The Morgan fingerprint density at radius 2 is 1.14 bits per heavy atom. The van der Waals surface area contributed by atoms with Crippen molar-refractivity contribution in [2.24, 2.45) is 0 Å². The van der Waals surface area contributed by atoms with Gasteiger partial charge in [0.1, 0.15) is 0 Å². The molecule has 0 unspecified atom stereocenters. The van der Waals surface area contributed by atoms with Crippen molar-refractivity contribution in [2.75, 3.05) is 0 Å². The van der Waals surface area contributed by atoms with Crippen LogP contribution >= 0.6 is 0 Å². The lowest BCUT2D eigenvalue weighted by atomic mass is 10.2. The van der Waals surface area contributed by atoms with Gasteiger partial charge in [-0.25, -0.2) is 0 Å². The first kappa shape index (κ1) is 20.2. The second-order valence-corrected chi connectivity index (χ2v) is 4.99. The van der Waals surface area contributed by atoms with Crippen molar-refractivity contribution in [1.29, 1.82) is 0 Å². The minimum absolute atomic E-state index is 0.258. The smallest absolute Gasteiger partial charge is 0.303 e. The van der Waals surface area contributed by atoms with Crippen molar-refractivity contribution >= 4 is 5.97 Å². The van der Waals surface area contributed by atoms with E-state index in [2.05, 4.69) is 67.7 Å². The monoisotopic (exact) mass is 302 g/mol. The predicted octanol–water partition coefficient (Wildman–Crippen LogP) is 5.99. The summed E-state index contributed by atoms with van der Waals surface area (Å²) in [5.74, 6) is -0.715. The Labute approximate surface area is 135 Å². The minimum Gasteiger partial charge on any atom is -0.481 e. The largest absolute Gasteiger partial charge is 0.481 e. The van der Waals surface area contributed by atoms with Gasteiger partial charge in [0.05, 0.1) is 0 Å². The lowest BCUT2D eigenvalue weighted by Gasteiger charge is -1.89. The molecule has 0 aliphatic rings. The number of unbranched alkanes of at least 4 members (excludes halogenated alkanes) is 1. The Hall–Kier alpha value is -1.83. The maximum Gasteiger partial charge on any atom is 0.303 e. The number of allylic oxidation sites excluding steroid dienone is 10. The maximum absolute atomic E-state index is 10.3. The van der Waals surface area contributed by atoms with Gasteiger partial charge in [-0.05, 0) is 44.9 Å².